The van der Waals surface area contributed by atoms with Crippen LogP contribution < -0.4 is 0 Å². The molecule has 0 unspecified atom stereocenters. The summed E-state index contributed by atoms with van der Waals surface area (Å²) in [6.45, 7) is 3.74. The molecular weight excluding hydrogens is 332 g/mol. The smallest absolute Gasteiger partial charge is 0.261 e. The van der Waals surface area contributed by atoms with Crippen LogP contribution in [0.25, 0.3) is 0 Å². The summed E-state index contributed by atoms with van der Waals surface area (Å²) in [7, 11) is 0. The molecule has 2 aromatic rings. The normalized spacial score (nSPS) is 17.7. The zero-order valence-corrected chi connectivity index (χ0v) is 14.6. The molecule has 0 bridgehead atoms. The average molecular weight is 352 g/mol. The fraction of sp³-hybridized carbons (Fsp3) is 0.350. The quantitative estimate of drug-likeness (QED) is 0.796. The molecule has 0 aliphatic carbocycles. The second kappa shape index (κ2) is 6.44. The number of hydrogen-bond acceptors (Lipinski definition) is 4. The van der Waals surface area contributed by atoms with E-state index in [1.165, 1.54) is 6.26 Å². The first-order chi connectivity index (χ1) is 12.5. The highest BCUT2D eigenvalue weighted by molar-refractivity contribution is 6.22. The summed E-state index contributed by atoms with van der Waals surface area (Å²) < 4.78 is 5.23. The topological polar surface area (TPSA) is 70.8 Å². The molecular formula is C20H20N2O4. The Hall–Kier alpha value is -2.89. The molecule has 0 atom stereocenters. The van der Waals surface area contributed by atoms with Crippen molar-refractivity contribution in [1.82, 2.24) is 9.80 Å². The van der Waals surface area contributed by atoms with Crippen LogP contribution in [0.5, 0.6) is 0 Å². The lowest BCUT2D eigenvalue weighted by Gasteiger charge is -2.30. The lowest BCUT2D eigenvalue weighted by molar-refractivity contribution is 0.0631. The van der Waals surface area contributed by atoms with Crippen molar-refractivity contribution in [2.75, 3.05) is 13.1 Å². The van der Waals surface area contributed by atoms with E-state index >= 15 is 0 Å². The lowest BCUT2D eigenvalue weighted by atomic mass is 9.98. The molecule has 3 amide bonds. The SMILES string of the molecule is CC1CCN(C(=O)c2ccc3c(c2)C(=O)N(Cc2ccco2)C3=O)CC1. The minimum Gasteiger partial charge on any atom is -0.467 e. The fourth-order valence-corrected chi connectivity index (χ4v) is 3.52. The molecule has 3 heterocycles. The van der Waals surface area contributed by atoms with Crippen LogP contribution in [-0.2, 0) is 6.54 Å². The van der Waals surface area contributed by atoms with E-state index in [2.05, 4.69) is 6.92 Å². The Morgan fingerprint density at radius 1 is 1.12 bits per heavy atom. The van der Waals surface area contributed by atoms with E-state index in [1.807, 2.05) is 4.90 Å². The number of likely N-dealkylation sites (tertiary alicyclic amines) is 1. The number of nitrogens with zero attached hydrogens (tertiary/aromatic N) is 2. The van der Waals surface area contributed by atoms with Crippen molar-refractivity contribution in [1.29, 1.82) is 0 Å². The van der Waals surface area contributed by atoms with E-state index < -0.39 is 0 Å². The van der Waals surface area contributed by atoms with Crippen molar-refractivity contribution in [2.45, 2.75) is 26.3 Å². The summed E-state index contributed by atoms with van der Waals surface area (Å²) in [4.78, 5) is 40.9. The highest BCUT2D eigenvalue weighted by Crippen LogP contribution is 2.27. The monoisotopic (exact) mass is 352 g/mol. The van der Waals surface area contributed by atoms with E-state index in [4.69, 9.17) is 4.42 Å². The number of amides is 3. The van der Waals surface area contributed by atoms with Gasteiger partial charge in [-0.2, -0.15) is 0 Å². The molecule has 0 N–H and O–H groups in total. The molecule has 2 aliphatic heterocycles. The summed E-state index contributed by atoms with van der Waals surface area (Å²) in [6, 6.07) is 8.20. The van der Waals surface area contributed by atoms with Gasteiger partial charge in [-0.25, -0.2) is 0 Å². The van der Waals surface area contributed by atoms with Gasteiger partial charge in [0.15, 0.2) is 0 Å². The predicted octanol–water partition coefficient (Wildman–Crippen LogP) is 2.95. The van der Waals surface area contributed by atoms with Gasteiger partial charge in [-0.05, 0) is 49.1 Å². The first-order valence-electron chi connectivity index (χ1n) is 8.86. The number of furan rings is 1. The van der Waals surface area contributed by atoms with Crippen LogP contribution in [0.15, 0.2) is 41.0 Å². The molecule has 2 aliphatic rings. The van der Waals surface area contributed by atoms with Crippen LogP contribution in [0.4, 0.5) is 0 Å². The fourth-order valence-electron chi connectivity index (χ4n) is 3.52. The molecule has 1 saturated heterocycles. The maximum atomic E-state index is 12.7. The van der Waals surface area contributed by atoms with Crippen LogP contribution in [0.3, 0.4) is 0 Å². The largest absolute Gasteiger partial charge is 0.467 e. The Bertz CT molecular complexity index is 864. The van der Waals surface area contributed by atoms with Crippen LogP contribution in [0, 0.1) is 5.92 Å². The number of benzene rings is 1. The highest BCUT2D eigenvalue weighted by atomic mass is 16.3. The lowest BCUT2D eigenvalue weighted by Crippen LogP contribution is -2.37. The molecule has 1 fully saturated rings. The second-order valence-electron chi connectivity index (χ2n) is 7.01. The number of carbonyl (C=O) groups excluding carboxylic acids is 3. The number of hydrogen-bond donors (Lipinski definition) is 0. The van der Waals surface area contributed by atoms with Gasteiger partial charge in [0.05, 0.1) is 23.9 Å². The molecule has 0 saturated carbocycles. The summed E-state index contributed by atoms with van der Waals surface area (Å²) in [5, 5.41) is 0. The van der Waals surface area contributed by atoms with E-state index in [-0.39, 0.29) is 29.8 Å². The van der Waals surface area contributed by atoms with Crippen LogP contribution in [-0.4, -0.2) is 40.6 Å². The number of carbonyl (C=O) groups is 3. The van der Waals surface area contributed by atoms with Crippen molar-refractivity contribution >= 4 is 17.7 Å². The van der Waals surface area contributed by atoms with Crippen LogP contribution in [0.1, 0.15) is 56.6 Å². The summed E-state index contributed by atoms with van der Waals surface area (Å²) in [5.74, 6) is 0.353. The number of piperidine rings is 1. The van der Waals surface area contributed by atoms with Crippen LogP contribution in [0.2, 0.25) is 0 Å². The van der Waals surface area contributed by atoms with Gasteiger partial charge < -0.3 is 9.32 Å². The van der Waals surface area contributed by atoms with Crippen molar-refractivity contribution in [3.63, 3.8) is 0 Å². The van der Waals surface area contributed by atoms with Crippen molar-refractivity contribution < 1.29 is 18.8 Å². The van der Waals surface area contributed by atoms with Crippen molar-refractivity contribution in [2.24, 2.45) is 5.92 Å². The second-order valence-corrected chi connectivity index (χ2v) is 7.01. The number of imide groups is 1. The van der Waals surface area contributed by atoms with Gasteiger partial charge in [-0.3, -0.25) is 19.3 Å². The zero-order valence-electron chi connectivity index (χ0n) is 14.6. The Morgan fingerprint density at radius 2 is 1.85 bits per heavy atom. The van der Waals surface area contributed by atoms with E-state index in [9.17, 15) is 14.4 Å². The van der Waals surface area contributed by atoms with Crippen molar-refractivity contribution in [3.05, 3.63) is 59.0 Å². The van der Waals surface area contributed by atoms with Gasteiger partial charge in [0.1, 0.15) is 5.76 Å². The number of rotatable bonds is 3. The maximum absolute atomic E-state index is 12.7. The molecule has 0 spiro atoms. The van der Waals surface area contributed by atoms with Gasteiger partial charge in [0.25, 0.3) is 17.7 Å². The molecule has 26 heavy (non-hydrogen) atoms. The molecule has 134 valence electrons. The third-order valence-electron chi connectivity index (χ3n) is 5.18. The molecule has 1 aromatic heterocycles. The van der Waals surface area contributed by atoms with Gasteiger partial charge >= 0.3 is 0 Å². The summed E-state index contributed by atoms with van der Waals surface area (Å²) in [5.41, 5.74) is 1.09. The number of fused-ring (bicyclic) bond motifs is 1. The molecule has 6 nitrogen and oxygen atoms in total. The summed E-state index contributed by atoms with van der Waals surface area (Å²) >= 11 is 0. The van der Waals surface area contributed by atoms with Gasteiger partial charge in [-0.1, -0.05) is 6.92 Å². The Morgan fingerprint density at radius 3 is 2.54 bits per heavy atom. The zero-order chi connectivity index (χ0) is 18.3. The minimum atomic E-state index is -0.386. The highest BCUT2D eigenvalue weighted by Gasteiger charge is 2.36. The Balaban J connectivity index is 1.56. The van der Waals surface area contributed by atoms with Crippen molar-refractivity contribution in [3.8, 4) is 0 Å². The third kappa shape index (κ3) is 2.81. The first-order valence-corrected chi connectivity index (χ1v) is 8.86. The molecule has 0 radical (unpaired) electrons. The minimum absolute atomic E-state index is 0.0792. The first kappa shape index (κ1) is 16.6. The average Bonchev–Trinajstić information content (AvgIpc) is 3.25. The third-order valence-corrected chi connectivity index (χ3v) is 5.18. The standard InChI is InChI=1S/C20H20N2O4/c1-13-6-8-21(9-7-13)18(23)14-4-5-16-17(11-14)20(25)22(19(16)24)12-15-3-2-10-26-15/h2-5,10-11,13H,6-9,12H2,1H3. The molecule has 1 aromatic carbocycles. The van der Waals surface area contributed by atoms with E-state index in [1.54, 1.807) is 30.3 Å². The molecule has 4 rings (SSSR count). The Labute approximate surface area is 151 Å². The van der Waals surface area contributed by atoms with Gasteiger partial charge in [0, 0.05) is 18.7 Å². The maximum Gasteiger partial charge on any atom is 0.261 e. The summed E-state index contributed by atoms with van der Waals surface area (Å²) in [6.07, 6.45) is 3.49. The molecule has 6 heteroatoms. The predicted molar refractivity (Wildman–Crippen MR) is 93.7 cm³/mol. The van der Waals surface area contributed by atoms with E-state index in [0.29, 0.717) is 22.8 Å². The Kier molecular flexibility index (Phi) is 4.11. The van der Waals surface area contributed by atoms with Gasteiger partial charge in [0.2, 0.25) is 0 Å². The van der Waals surface area contributed by atoms with Gasteiger partial charge in [-0.15, -0.1) is 0 Å². The van der Waals surface area contributed by atoms with Crippen LogP contribution >= 0.6 is 0 Å². The van der Waals surface area contributed by atoms with E-state index in [0.717, 1.165) is 30.8 Å².